The van der Waals surface area contributed by atoms with E-state index in [0.717, 1.165) is 24.1 Å². The Labute approximate surface area is 160 Å². The SMILES string of the molecule is O=C(Nc1ccccc1F)c1cc(C2CC2)nc2onc(-c3ccccc3)c12. The quantitative estimate of drug-likeness (QED) is 0.537. The summed E-state index contributed by atoms with van der Waals surface area (Å²) in [6, 6.07) is 17.3. The van der Waals surface area contributed by atoms with Crippen LogP contribution in [0.25, 0.3) is 22.4 Å². The van der Waals surface area contributed by atoms with Crippen LogP contribution in [0.5, 0.6) is 0 Å². The monoisotopic (exact) mass is 373 g/mol. The van der Waals surface area contributed by atoms with Crippen molar-refractivity contribution in [2.75, 3.05) is 5.32 Å². The number of carbonyl (C=O) groups excluding carboxylic acids is 1. The van der Waals surface area contributed by atoms with E-state index < -0.39 is 11.7 Å². The van der Waals surface area contributed by atoms with E-state index in [0.29, 0.717) is 28.3 Å². The molecule has 0 saturated heterocycles. The van der Waals surface area contributed by atoms with Crippen LogP contribution in [0.4, 0.5) is 10.1 Å². The van der Waals surface area contributed by atoms with Crippen LogP contribution >= 0.6 is 0 Å². The van der Waals surface area contributed by atoms with Crippen molar-refractivity contribution in [3.8, 4) is 11.3 Å². The molecule has 6 heteroatoms. The summed E-state index contributed by atoms with van der Waals surface area (Å²) >= 11 is 0. The standard InChI is InChI=1S/C22H16FN3O2/c23-16-8-4-5-9-17(16)24-21(27)15-12-18(13-10-11-13)25-22-19(15)20(26-28-22)14-6-2-1-3-7-14/h1-9,12-13H,10-11H2,(H,24,27). The topological polar surface area (TPSA) is 68.0 Å². The van der Waals surface area contributed by atoms with Gasteiger partial charge in [0, 0.05) is 17.2 Å². The fourth-order valence-electron chi connectivity index (χ4n) is 3.28. The molecule has 0 radical (unpaired) electrons. The van der Waals surface area contributed by atoms with Gasteiger partial charge in [-0.1, -0.05) is 47.6 Å². The summed E-state index contributed by atoms with van der Waals surface area (Å²) in [5.41, 5.74) is 3.01. The van der Waals surface area contributed by atoms with E-state index in [1.807, 2.05) is 30.3 Å². The molecule has 5 rings (SSSR count). The second-order valence-electron chi connectivity index (χ2n) is 6.88. The van der Waals surface area contributed by atoms with Crippen molar-refractivity contribution in [1.82, 2.24) is 10.1 Å². The van der Waals surface area contributed by atoms with Crippen molar-refractivity contribution in [1.29, 1.82) is 0 Å². The normalized spacial score (nSPS) is 13.6. The number of carbonyl (C=O) groups is 1. The molecule has 2 aromatic heterocycles. The van der Waals surface area contributed by atoms with Crippen molar-refractivity contribution in [3.63, 3.8) is 0 Å². The fourth-order valence-corrected chi connectivity index (χ4v) is 3.28. The third-order valence-corrected chi connectivity index (χ3v) is 4.88. The Morgan fingerprint density at radius 3 is 2.57 bits per heavy atom. The van der Waals surface area contributed by atoms with Gasteiger partial charge in [0.25, 0.3) is 11.6 Å². The number of fused-ring (bicyclic) bond motifs is 1. The number of hydrogen-bond donors (Lipinski definition) is 1. The zero-order valence-electron chi connectivity index (χ0n) is 14.9. The highest BCUT2D eigenvalue weighted by Gasteiger charge is 2.29. The van der Waals surface area contributed by atoms with Crippen LogP contribution in [0.15, 0.2) is 65.2 Å². The summed E-state index contributed by atoms with van der Waals surface area (Å²) in [4.78, 5) is 17.6. The Balaban J connectivity index is 1.66. The summed E-state index contributed by atoms with van der Waals surface area (Å²) in [7, 11) is 0. The molecular weight excluding hydrogens is 357 g/mol. The minimum absolute atomic E-state index is 0.128. The van der Waals surface area contributed by atoms with Crippen LogP contribution in [-0.2, 0) is 0 Å². The minimum Gasteiger partial charge on any atom is -0.335 e. The molecule has 1 saturated carbocycles. The summed E-state index contributed by atoms with van der Waals surface area (Å²) in [6.07, 6.45) is 2.07. The Kier molecular flexibility index (Phi) is 3.90. The largest absolute Gasteiger partial charge is 0.335 e. The zero-order valence-corrected chi connectivity index (χ0v) is 14.9. The smallest absolute Gasteiger partial charge is 0.259 e. The van der Waals surface area contributed by atoms with Gasteiger partial charge in [0.2, 0.25) is 0 Å². The molecule has 0 unspecified atom stereocenters. The number of pyridine rings is 1. The molecule has 2 aromatic carbocycles. The predicted molar refractivity (Wildman–Crippen MR) is 104 cm³/mol. The first-order chi connectivity index (χ1) is 13.7. The highest BCUT2D eigenvalue weighted by molar-refractivity contribution is 6.14. The molecule has 1 aliphatic rings. The number of hydrogen-bond acceptors (Lipinski definition) is 4. The molecule has 4 aromatic rings. The highest BCUT2D eigenvalue weighted by Crippen LogP contribution is 2.41. The number of aromatic nitrogens is 2. The van der Waals surface area contributed by atoms with Gasteiger partial charge < -0.3 is 9.84 Å². The van der Waals surface area contributed by atoms with Crippen molar-refractivity contribution < 1.29 is 13.7 Å². The van der Waals surface area contributed by atoms with Crippen molar-refractivity contribution in [2.24, 2.45) is 0 Å². The molecule has 1 fully saturated rings. The third-order valence-electron chi connectivity index (χ3n) is 4.88. The van der Waals surface area contributed by atoms with Crippen LogP contribution in [0.2, 0.25) is 0 Å². The maximum atomic E-state index is 14.0. The number of amides is 1. The second kappa shape index (κ2) is 6.56. The molecule has 1 aliphatic carbocycles. The van der Waals surface area contributed by atoms with Gasteiger partial charge in [-0.2, -0.15) is 0 Å². The molecule has 1 amide bonds. The lowest BCUT2D eigenvalue weighted by atomic mass is 10.0. The number of para-hydroxylation sites is 1. The van der Waals surface area contributed by atoms with E-state index in [4.69, 9.17) is 4.52 Å². The van der Waals surface area contributed by atoms with Crippen LogP contribution in [0, 0.1) is 5.82 Å². The second-order valence-corrected chi connectivity index (χ2v) is 6.88. The molecule has 0 atom stereocenters. The van der Waals surface area contributed by atoms with E-state index in [9.17, 15) is 9.18 Å². The Bertz CT molecular complexity index is 1180. The van der Waals surface area contributed by atoms with Crippen LogP contribution in [-0.4, -0.2) is 16.0 Å². The van der Waals surface area contributed by atoms with Crippen molar-refractivity contribution in [2.45, 2.75) is 18.8 Å². The van der Waals surface area contributed by atoms with Crippen molar-refractivity contribution >= 4 is 22.7 Å². The average molecular weight is 373 g/mol. The van der Waals surface area contributed by atoms with E-state index in [2.05, 4.69) is 15.5 Å². The average Bonchev–Trinajstić information content (AvgIpc) is 3.49. The zero-order chi connectivity index (χ0) is 19.1. The third kappa shape index (κ3) is 2.93. The maximum absolute atomic E-state index is 14.0. The Morgan fingerprint density at radius 2 is 1.82 bits per heavy atom. The van der Waals surface area contributed by atoms with E-state index in [-0.39, 0.29) is 5.69 Å². The summed E-state index contributed by atoms with van der Waals surface area (Å²) in [6.45, 7) is 0. The highest BCUT2D eigenvalue weighted by atomic mass is 19.1. The molecule has 138 valence electrons. The Hall–Kier alpha value is -3.54. The number of anilines is 1. The lowest BCUT2D eigenvalue weighted by Gasteiger charge is -2.09. The van der Waals surface area contributed by atoms with Gasteiger partial charge in [0.1, 0.15) is 11.5 Å². The lowest BCUT2D eigenvalue weighted by Crippen LogP contribution is -2.14. The van der Waals surface area contributed by atoms with Crippen molar-refractivity contribution in [3.05, 3.63) is 77.7 Å². The van der Waals surface area contributed by atoms with Gasteiger partial charge in [0.15, 0.2) is 0 Å². The first kappa shape index (κ1) is 16.6. The van der Waals surface area contributed by atoms with E-state index >= 15 is 0 Å². The van der Waals surface area contributed by atoms with Crippen LogP contribution < -0.4 is 5.32 Å². The van der Waals surface area contributed by atoms with Gasteiger partial charge in [0.05, 0.1) is 16.6 Å². The molecule has 28 heavy (non-hydrogen) atoms. The molecule has 0 bridgehead atoms. The van der Waals surface area contributed by atoms with Gasteiger partial charge in [-0.15, -0.1) is 0 Å². The number of nitrogens with zero attached hydrogens (tertiary/aromatic N) is 2. The van der Waals surface area contributed by atoms with E-state index in [1.54, 1.807) is 18.2 Å². The summed E-state index contributed by atoms with van der Waals surface area (Å²) < 4.78 is 19.5. The molecule has 2 heterocycles. The number of nitrogens with one attached hydrogen (secondary N) is 1. The first-order valence-electron chi connectivity index (χ1n) is 9.12. The molecule has 0 spiro atoms. The molecule has 0 aliphatic heterocycles. The molecule has 1 N–H and O–H groups in total. The summed E-state index contributed by atoms with van der Waals surface area (Å²) in [5.74, 6) is -0.577. The first-order valence-corrected chi connectivity index (χ1v) is 9.12. The fraction of sp³-hybridized carbons (Fsp3) is 0.136. The Morgan fingerprint density at radius 1 is 1.07 bits per heavy atom. The van der Waals surface area contributed by atoms with Gasteiger partial charge in [-0.3, -0.25) is 4.79 Å². The summed E-state index contributed by atoms with van der Waals surface area (Å²) in [5, 5.41) is 7.36. The number of halogens is 1. The minimum atomic E-state index is -0.489. The molecular formula is C22H16FN3O2. The van der Waals surface area contributed by atoms with Gasteiger partial charge in [-0.25, -0.2) is 9.37 Å². The van der Waals surface area contributed by atoms with E-state index in [1.165, 1.54) is 12.1 Å². The predicted octanol–water partition coefficient (Wildman–Crippen LogP) is 5.16. The number of benzene rings is 2. The lowest BCUT2D eigenvalue weighted by molar-refractivity contribution is 0.102. The van der Waals surface area contributed by atoms with Crippen LogP contribution in [0.1, 0.15) is 34.8 Å². The van der Waals surface area contributed by atoms with Gasteiger partial charge >= 0.3 is 0 Å². The number of rotatable bonds is 4. The van der Waals surface area contributed by atoms with Gasteiger partial charge in [-0.05, 0) is 31.0 Å². The van der Waals surface area contributed by atoms with Crippen LogP contribution in [0.3, 0.4) is 0 Å². The maximum Gasteiger partial charge on any atom is 0.259 e. The molecule has 5 nitrogen and oxygen atoms in total.